The van der Waals surface area contributed by atoms with E-state index in [9.17, 15) is 14.0 Å². The predicted octanol–water partition coefficient (Wildman–Crippen LogP) is 0.832. The zero-order valence-electron chi connectivity index (χ0n) is 11.1. The molecule has 0 saturated carbocycles. The highest BCUT2D eigenvalue weighted by molar-refractivity contribution is 5.92. The van der Waals surface area contributed by atoms with E-state index >= 15 is 0 Å². The van der Waals surface area contributed by atoms with Crippen LogP contribution in [0.4, 0.5) is 10.1 Å². The number of anilines is 1. The van der Waals surface area contributed by atoms with Gasteiger partial charge < -0.3 is 15.5 Å². The first-order chi connectivity index (χ1) is 9.00. The summed E-state index contributed by atoms with van der Waals surface area (Å²) < 4.78 is 13.2. The minimum absolute atomic E-state index is 0.0120. The van der Waals surface area contributed by atoms with Gasteiger partial charge in [-0.1, -0.05) is 12.1 Å². The molecule has 19 heavy (non-hydrogen) atoms. The number of hydrogen-bond donors (Lipinski definition) is 2. The molecule has 0 heterocycles. The molecule has 0 fully saturated rings. The van der Waals surface area contributed by atoms with Crippen LogP contribution in [0, 0.1) is 5.82 Å². The maximum absolute atomic E-state index is 13.2. The van der Waals surface area contributed by atoms with Gasteiger partial charge in [-0.15, -0.1) is 0 Å². The highest BCUT2D eigenvalue weighted by Gasteiger charge is 2.07. The number of carbonyl (C=O) groups excluding carboxylic acids is 2. The molecule has 0 aromatic heterocycles. The Kier molecular flexibility index (Phi) is 5.95. The molecule has 5 nitrogen and oxygen atoms in total. The maximum atomic E-state index is 13.2. The van der Waals surface area contributed by atoms with E-state index in [0.717, 1.165) is 0 Å². The number of carbonyl (C=O) groups is 2. The maximum Gasteiger partial charge on any atom is 0.238 e. The summed E-state index contributed by atoms with van der Waals surface area (Å²) in [5, 5.41) is 5.28. The summed E-state index contributed by atoms with van der Waals surface area (Å²) in [7, 11) is 3.35. The van der Waals surface area contributed by atoms with Crippen LogP contribution in [0.2, 0.25) is 0 Å². The van der Waals surface area contributed by atoms with Crippen molar-refractivity contribution in [3.63, 3.8) is 0 Å². The molecule has 0 bridgehead atoms. The SMILES string of the molecule is CN(C)C(=O)CCNCC(=O)Nc1ccccc1F. The Balaban J connectivity index is 2.26. The van der Waals surface area contributed by atoms with Crippen LogP contribution in [0.25, 0.3) is 0 Å². The Bertz CT molecular complexity index is 449. The van der Waals surface area contributed by atoms with Crippen LogP contribution in [0.5, 0.6) is 0 Å². The van der Waals surface area contributed by atoms with Crippen molar-refractivity contribution in [1.82, 2.24) is 10.2 Å². The highest BCUT2D eigenvalue weighted by Crippen LogP contribution is 2.11. The van der Waals surface area contributed by atoms with Gasteiger partial charge in [0.2, 0.25) is 11.8 Å². The van der Waals surface area contributed by atoms with E-state index in [1.165, 1.54) is 17.0 Å². The second-order valence-corrected chi connectivity index (χ2v) is 4.24. The molecule has 0 radical (unpaired) electrons. The zero-order valence-corrected chi connectivity index (χ0v) is 11.1. The molecule has 0 aliphatic rings. The van der Waals surface area contributed by atoms with Crippen LogP contribution in [0.3, 0.4) is 0 Å². The Hall–Kier alpha value is -1.95. The second kappa shape index (κ2) is 7.48. The van der Waals surface area contributed by atoms with Crippen molar-refractivity contribution in [2.75, 3.05) is 32.5 Å². The van der Waals surface area contributed by atoms with Crippen molar-refractivity contribution in [3.8, 4) is 0 Å². The molecule has 0 unspecified atom stereocenters. The molecule has 1 rings (SSSR count). The third-order valence-electron chi connectivity index (χ3n) is 2.45. The van der Waals surface area contributed by atoms with Gasteiger partial charge in [0.1, 0.15) is 5.82 Å². The van der Waals surface area contributed by atoms with E-state index in [0.29, 0.717) is 13.0 Å². The van der Waals surface area contributed by atoms with Gasteiger partial charge in [0.15, 0.2) is 0 Å². The Morgan fingerprint density at radius 3 is 2.58 bits per heavy atom. The molecule has 1 aromatic carbocycles. The van der Waals surface area contributed by atoms with Crippen LogP contribution in [-0.4, -0.2) is 43.9 Å². The normalized spacial score (nSPS) is 10.1. The van der Waals surface area contributed by atoms with Crippen molar-refractivity contribution in [2.24, 2.45) is 0 Å². The third kappa shape index (κ3) is 5.48. The minimum atomic E-state index is -0.473. The van der Waals surface area contributed by atoms with Crippen molar-refractivity contribution in [1.29, 1.82) is 0 Å². The average Bonchev–Trinajstić information content (AvgIpc) is 2.37. The van der Waals surface area contributed by atoms with E-state index in [1.54, 1.807) is 26.2 Å². The van der Waals surface area contributed by atoms with Gasteiger partial charge >= 0.3 is 0 Å². The number of rotatable bonds is 6. The van der Waals surface area contributed by atoms with E-state index in [1.807, 2.05) is 0 Å². The molecule has 2 amide bonds. The summed E-state index contributed by atoms with van der Waals surface area (Å²) in [6, 6.07) is 5.96. The molecule has 0 saturated heterocycles. The van der Waals surface area contributed by atoms with Gasteiger partial charge in [-0.25, -0.2) is 4.39 Å². The number of halogens is 1. The van der Waals surface area contributed by atoms with Crippen molar-refractivity contribution < 1.29 is 14.0 Å². The number of nitrogens with zero attached hydrogens (tertiary/aromatic N) is 1. The molecule has 6 heteroatoms. The number of benzene rings is 1. The fraction of sp³-hybridized carbons (Fsp3) is 0.385. The summed E-state index contributed by atoms with van der Waals surface area (Å²) in [6.07, 6.45) is 0.319. The third-order valence-corrected chi connectivity index (χ3v) is 2.45. The van der Waals surface area contributed by atoms with Gasteiger partial charge in [-0.2, -0.15) is 0 Å². The summed E-state index contributed by atoms with van der Waals surface area (Å²) in [5.41, 5.74) is 0.152. The molecular formula is C13H18FN3O2. The largest absolute Gasteiger partial charge is 0.349 e. The highest BCUT2D eigenvalue weighted by atomic mass is 19.1. The first-order valence-corrected chi connectivity index (χ1v) is 5.96. The Morgan fingerprint density at radius 1 is 1.26 bits per heavy atom. The first kappa shape index (κ1) is 15.1. The van der Waals surface area contributed by atoms with E-state index in [-0.39, 0.29) is 24.0 Å². The first-order valence-electron chi connectivity index (χ1n) is 5.96. The molecule has 0 spiro atoms. The zero-order chi connectivity index (χ0) is 14.3. The minimum Gasteiger partial charge on any atom is -0.349 e. The van der Waals surface area contributed by atoms with Crippen LogP contribution in [-0.2, 0) is 9.59 Å². The van der Waals surface area contributed by atoms with Gasteiger partial charge in [0.25, 0.3) is 0 Å². The van der Waals surface area contributed by atoms with Gasteiger partial charge in [-0.3, -0.25) is 9.59 Å². The Labute approximate surface area is 111 Å². The number of hydrogen-bond acceptors (Lipinski definition) is 3. The smallest absolute Gasteiger partial charge is 0.238 e. The molecule has 104 valence electrons. The van der Waals surface area contributed by atoms with Crippen LogP contribution < -0.4 is 10.6 Å². The quantitative estimate of drug-likeness (QED) is 0.751. The fourth-order valence-corrected chi connectivity index (χ4v) is 1.38. The summed E-state index contributed by atoms with van der Waals surface area (Å²) in [6.45, 7) is 0.441. The van der Waals surface area contributed by atoms with Crippen LogP contribution in [0.1, 0.15) is 6.42 Å². The molecule has 1 aromatic rings. The topological polar surface area (TPSA) is 61.4 Å². The standard InChI is InChI=1S/C13H18FN3O2/c1-17(2)13(19)7-8-15-9-12(18)16-11-6-4-3-5-10(11)14/h3-6,15H,7-9H2,1-2H3,(H,16,18). The monoisotopic (exact) mass is 267 g/mol. The van der Waals surface area contributed by atoms with Crippen LogP contribution in [0.15, 0.2) is 24.3 Å². The second-order valence-electron chi connectivity index (χ2n) is 4.24. The van der Waals surface area contributed by atoms with E-state index < -0.39 is 5.82 Å². The van der Waals surface area contributed by atoms with Crippen LogP contribution >= 0.6 is 0 Å². The number of nitrogens with one attached hydrogen (secondary N) is 2. The number of para-hydroxylation sites is 1. The molecule has 0 atom stereocenters. The predicted molar refractivity (Wildman–Crippen MR) is 71.2 cm³/mol. The van der Waals surface area contributed by atoms with Crippen molar-refractivity contribution in [2.45, 2.75) is 6.42 Å². The van der Waals surface area contributed by atoms with Gasteiger partial charge in [0, 0.05) is 27.1 Å². The lowest BCUT2D eigenvalue weighted by molar-refractivity contribution is -0.128. The lowest BCUT2D eigenvalue weighted by atomic mass is 10.3. The summed E-state index contributed by atoms with van der Waals surface area (Å²) in [5.74, 6) is -0.831. The summed E-state index contributed by atoms with van der Waals surface area (Å²) >= 11 is 0. The summed E-state index contributed by atoms with van der Waals surface area (Å²) in [4.78, 5) is 24.3. The molecular weight excluding hydrogens is 249 g/mol. The number of amides is 2. The Morgan fingerprint density at radius 2 is 1.95 bits per heavy atom. The average molecular weight is 267 g/mol. The lowest BCUT2D eigenvalue weighted by Gasteiger charge is -2.10. The van der Waals surface area contributed by atoms with E-state index in [2.05, 4.69) is 10.6 Å². The van der Waals surface area contributed by atoms with Crippen molar-refractivity contribution >= 4 is 17.5 Å². The van der Waals surface area contributed by atoms with Gasteiger partial charge in [-0.05, 0) is 12.1 Å². The van der Waals surface area contributed by atoms with E-state index in [4.69, 9.17) is 0 Å². The molecule has 2 N–H and O–H groups in total. The molecule has 0 aliphatic heterocycles. The fourth-order valence-electron chi connectivity index (χ4n) is 1.38. The molecule has 0 aliphatic carbocycles. The van der Waals surface area contributed by atoms with Gasteiger partial charge in [0.05, 0.1) is 12.2 Å². The van der Waals surface area contributed by atoms with Crippen molar-refractivity contribution in [3.05, 3.63) is 30.1 Å². The lowest BCUT2D eigenvalue weighted by Crippen LogP contribution is -2.32.